The van der Waals surface area contributed by atoms with Crippen LogP contribution in [0.15, 0.2) is 11.6 Å². The number of aliphatic hydroxyl groups is 18. The van der Waals surface area contributed by atoms with Gasteiger partial charge in [0.05, 0.1) is 55.8 Å². The van der Waals surface area contributed by atoms with E-state index in [9.17, 15) is 107 Å². The van der Waals surface area contributed by atoms with Crippen molar-refractivity contribution < 1.29 is 178 Å². The van der Waals surface area contributed by atoms with Crippen LogP contribution in [0.5, 0.6) is 0 Å². The Kier molecular flexibility index (Phi) is 24.0. The Morgan fingerprint density at radius 1 is 0.491 bits per heavy atom. The minimum Gasteiger partial charge on any atom is -0.479 e. The van der Waals surface area contributed by atoms with Gasteiger partial charge in [0.2, 0.25) is 6.29 Å². The maximum Gasteiger partial charge on any atom is 0.335 e. The first-order valence-electron chi connectivity index (χ1n) is 36.9. The van der Waals surface area contributed by atoms with Gasteiger partial charge >= 0.3 is 11.9 Å². The van der Waals surface area contributed by atoms with Gasteiger partial charge in [0.1, 0.15) is 140 Å². The first kappa shape index (κ1) is 82.6. The smallest absolute Gasteiger partial charge is 0.335 e. The maximum atomic E-state index is 16.1. The van der Waals surface area contributed by atoms with Gasteiger partial charge in [0.25, 0.3) is 0 Å². The average Bonchev–Trinajstić information content (AvgIpc) is 0.670. The second-order valence-corrected chi connectivity index (χ2v) is 33.6. The topological polar surface area (TPSA) is 565 Å². The van der Waals surface area contributed by atoms with Crippen LogP contribution in [0, 0.1) is 50.2 Å². The minimum absolute atomic E-state index is 0.00556. The Morgan fingerprint density at radius 3 is 1.59 bits per heavy atom. The van der Waals surface area contributed by atoms with Gasteiger partial charge in [-0.3, -0.25) is 4.79 Å². The SMILES string of the molecule is CC1OC(OC2C(O)C(C)OC(OC(=O)C34CCC(C)(C)CC3C3=CCC5C6(C)CCC(OC7OC(C(=O)O)C(O)C(OC8OCC(O)C(O)C8O)C7OC7OC(CO)C(O)C(O)C7O)C(C)(C=O)C6CCC5(C)C3(C)CC4O)C2OC2OC(C)C(OC3OCC(O)C(O)C3O)C(O)C2O)C(O)C(O)C1O. The molecule has 7 saturated heterocycles. The number of carbonyl (C=O) groups is 3. The number of aldehydes is 1. The van der Waals surface area contributed by atoms with Crippen molar-refractivity contribution in [2.24, 2.45) is 50.2 Å². The molecule has 0 aromatic rings. The van der Waals surface area contributed by atoms with Crippen LogP contribution in [0.4, 0.5) is 0 Å². The lowest BCUT2D eigenvalue weighted by molar-refractivity contribution is -0.391. The molecule has 43 atom stereocenters. The molecular formula is C70H110O36. The fourth-order valence-electron chi connectivity index (χ4n) is 20.2. The van der Waals surface area contributed by atoms with Crippen LogP contribution in [0.25, 0.3) is 0 Å². The highest BCUT2D eigenvalue weighted by Crippen LogP contribution is 2.76. The van der Waals surface area contributed by atoms with Crippen molar-refractivity contribution in [3.63, 3.8) is 0 Å². The summed E-state index contributed by atoms with van der Waals surface area (Å²) < 4.78 is 85.1. The van der Waals surface area contributed by atoms with E-state index in [1.54, 1.807) is 6.92 Å². The molecule has 0 spiro atoms. The Morgan fingerprint density at radius 2 is 1.00 bits per heavy atom. The van der Waals surface area contributed by atoms with Crippen molar-refractivity contribution in [3.8, 4) is 0 Å². The van der Waals surface area contributed by atoms with Gasteiger partial charge in [-0.2, -0.15) is 0 Å². The van der Waals surface area contributed by atoms with Gasteiger partial charge < -0.3 is 168 Å². The molecule has 7 aliphatic heterocycles. The van der Waals surface area contributed by atoms with Gasteiger partial charge in [0.15, 0.2) is 49.9 Å². The van der Waals surface area contributed by atoms with E-state index in [1.807, 2.05) is 0 Å². The van der Waals surface area contributed by atoms with E-state index in [4.69, 9.17) is 66.3 Å². The number of ether oxygens (including phenoxy) is 14. The Bertz CT molecular complexity index is 3120. The number of allylic oxidation sites excluding steroid dienone is 2. The van der Waals surface area contributed by atoms with Crippen LogP contribution < -0.4 is 0 Å². The van der Waals surface area contributed by atoms with Crippen molar-refractivity contribution in [3.05, 3.63) is 11.6 Å². The molecule has 606 valence electrons. The van der Waals surface area contributed by atoms with Crippen molar-refractivity contribution in [1.82, 2.24) is 0 Å². The summed E-state index contributed by atoms with van der Waals surface area (Å²) in [6.45, 7) is 14.4. The zero-order chi connectivity index (χ0) is 77.5. The third-order valence-electron chi connectivity index (χ3n) is 26.8. The fraction of sp³-hybridized carbons (Fsp3) is 0.929. The van der Waals surface area contributed by atoms with Gasteiger partial charge in [-0.05, 0) is 118 Å². The predicted octanol–water partition coefficient (Wildman–Crippen LogP) is -5.96. The summed E-state index contributed by atoms with van der Waals surface area (Å²) in [6.07, 6.45) is -56.7. The summed E-state index contributed by atoms with van der Waals surface area (Å²) >= 11 is 0. The van der Waals surface area contributed by atoms with E-state index >= 15 is 4.79 Å². The number of aliphatic hydroxyl groups excluding tert-OH is 18. The molecule has 12 rings (SSSR count). The van der Waals surface area contributed by atoms with Crippen LogP contribution in [0.1, 0.15) is 120 Å². The normalized spacial score (nSPS) is 55.4. The summed E-state index contributed by atoms with van der Waals surface area (Å²) in [6, 6.07) is 0. The van der Waals surface area contributed by atoms with Gasteiger partial charge in [-0.25, -0.2) is 4.79 Å². The number of carboxylic acid groups (broad SMARTS) is 1. The fourth-order valence-corrected chi connectivity index (χ4v) is 20.2. The molecule has 5 aliphatic carbocycles. The summed E-state index contributed by atoms with van der Waals surface area (Å²) in [4.78, 5) is 43.4. The molecule has 7 heterocycles. The third-order valence-corrected chi connectivity index (χ3v) is 26.8. The minimum atomic E-state index is -2.23. The van der Waals surface area contributed by atoms with Crippen LogP contribution >= 0.6 is 0 Å². The Balaban J connectivity index is 0.834. The maximum absolute atomic E-state index is 16.1. The molecule has 12 aliphatic rings. The standard InChI is InChI=1S/C70H110O36/c1-24-36(76)41(81)46(86)59(95-24)102-51-37(77)25(2)96-62(54(51)104-60-48(88)43(83)50(26(3)97-60)100-57-44(84)38(78)29(73)21-93-57)106-64(92)70-17-16-65(4,5)18-28(70)27-10-11-33-66(6)14-13-35(67(7,23-72)32(66)12-15-68(33,8)69(27,9)19-34(70)75)99-63-55(105-61-47(87)42(82)40(80)31(20-71)98-61)52(49(89)53(103-63)56(90)91)101-58-45(85)39(79)30(74)22-94-58/h10,23-26,28-55,57-63,71,73-89H,11-22H2,1-9H3,(H,90,91). The average molecular weight is 1530 g/mol. The zero-order valence-electron chi connectivity index (χ0n) is 60.5. The quantitative estimate of drug-likeness (QED) is 0.0279. The number of hydrogen-bond acceptors (Lipinski definition) is 35. The van der Waals surface area contributed by atoms with Crippen LogP contribution in [-0.2, 0) is 80.7 Å². The number of fused-ring (bicyclic) bond motifs is 7. The monoisotopic (exact) mass is 1530 g/mol. The van der Waals surface area contributed by atoms with Gasteiger partial charge in [-0.15, -0.1) is 0 Å². The van der Waals surface area contributed by atoms with Crippen molar-refractivity contribution in [2.45, 2.75) is 335 Å². The zero-order valence-corrected chi connectivity index (χ0v) is 60.5. The lowest BCUT2D eigenvalue weighted by Gasteiger charge is -2.71. The van der Waals surface area contributed by atoms with E-state index < -0.39 is 291 Å². The van der Waals surface area contributed by atoms with Crippen LogP contribution in [-0.4, -0.2) is 350 Å². The molecule has 19 N–H and O–H groups in total. The van der Waals surface area contributed by atoms with Crippen LogP contribution in [0.2, 0.25) is 0 Å². The molecule has 0 aromatic carbocycles. The molecule has 43 unspecified atom stereocenters. The molecule has 0 bridgehead atoms. The summed E-state index contributed by atoms with van der Waals surface area (Å²) in [5, 5.41) is 210. The first-order valence-corrected chi connectivity index (χ1v) is 36.9. The molecular weight excluding hydrogens is 1420 g/mol. The van der Waals surface area contributed by atoms with Gasteiger partial charge in [0, 0.05) is 0 Å². The highest BCUT2D eigenvalue weighted by atomic mass is 16.8. The number of carboxylic acids is 1. The van der Waals surface area contributed by atoms with E-state index in [-0.39, 0.29) is 25.2 Å². The number of hydrogen-bond donors (Lipinski definition) is 19. The Labute approximate surface area is 610 Å². The molecule has 36 nitrogen and oxygen atoms in total. The number of aliphatic carboxylic acids is 1. The van der Waals surface area contributed by atoms with Crippen molar-refractivity contribution >= 4 is 18.2 Å². The van der Waals surface area contributed by atoms with E-state index in [1.165, 1.54) is 20.8 Å². The van der Waals surface area contributed by atoms with Crippen molar-refractivity contribution in [1.29, 1.82) is 0 Å². The largest absolute Gasteiger partial charge is 0.479 e. The second-order valence-electron chi connectivity index (χ2n) is 33.6. The van der Waals surface area contributed by atoms with E-state index in [2.05, 4.69) is 40.7 Å². The first-order chi connectivity index (χ1) is 49.6. The summed E-state index contributed by atoms with van der Waals surface area (Å²) in [5.41, 5.74) is -5.06. The molecule has 106 heavy (non-hydrogen) atoms. The molecule has 4 saturated carbocycles. The lowest BCUT2D eigenvalue weighted by atomic mass is 9.33. The van der Waals surface area contributed by atoms with Gasteiger partial charge in [-0.1, -0.05) is 53.2 Å². The highest BCUT2D eigenvalue weighted by Gasteiger charge is 2.73. The predicted molar refractivity (Wildman–Crippen MR) is 347 cm³/mol. The van der Waals surface area contributed by atoms with Crippen molar-refractivity contribution in [2.75, 3.05) is 19.8 Å². The van der Waals surface area contributed by atoms with E-state index in [0.29, 0.717) is 38.5 Å². The Hall–Kier alpha value is -2.89. The number of carbonyl (C=O) groups excluding carboxylic acids is 2. The lowest BCUT2D eigenvalue weighted by Crippen LogP contribution is -2.69. The third kappa shape index (κ3) is 14.0. The summed E-state index contributed by atoms with van der Waals surface area (Å²) in [7, 11) is 0. The van der Waals surface area contributed by atoms with Crippen LogP contribution in [0.3, 0.4) is 0 Å². The second kappa shape index (κ2) is 30.8. The molecule has 0 aromatic heterocycles. The molecule has 0 amide bonds. The number of esters is 1. The number of rotatable bonds is 17. The molecule has 0 radical (unpaired) electrons. The molecule has 11 fully saturated rings. The highest BCUT2D eigenvalue weighted by molar-refractivity contribution is 5.80. The van der Waals surface area contributed by atoms with E-state index in [0.717, 1.165) is 11.9 Å². The summed E-state index contributed by atoms with van der Waals surface area (Å²) in [5.74, 6) is -4.19. The molecule has 36 heteroatoms.